The number of rotatable bonds is 5. The van der Waals surface area contributed by atoms with E-state index in [1.54, 1.807) is 42.9 Å². The second-order valence-corrected chi connectivity index (χ2v) is 5.44. The van der Waals surface area contributed by atoms with E-state index in [9.17, 15) is 9.59 Å². The van der Waals surface area contributed by atoms with Crippen LogP contribution in [0.15, 0.2) is 24.3 Å². The minimum atomic E-state index is -0.942. The van der Waals surface area contributed by atoms with E-state index in [0.717, 1.165) is 5.69 Å². The third kappa shape index (κ3) is 3.73. The van der Waals surface area contributed by atoms with E-state index >= 15 is 0 Å². The van der Waals surface area contributed by atoms with Gasteiger partial charge < -0.3 is 14.8 Å². The molecule has 1 atom stereocenters. The molecule has 2 aromatic rings. The maximum Gasteiger partial charge on any atom is 0.339 e. The number of carbonyl (C=O) groups is 2. The van der Waals surface area contributed by atoms with Crippen LogP contribution in [0.1, 0.15) is 28.7 Å². The van der Waals surface area contributed by atoms with Gasteiger partial charge in [0.2, 0.25) is 0 Å². The van der Waals surface area contributed by atoms with Crippen LogP contribution >= 0.6 is 0 Å². The van der Waals surface area contributed by atoms with Crippen molar-refractivity contribution in [2.24, 2.45) is 7.05 Å². The van der Waals surface area contributed by atoms with E-state index in [2.05, 4.69) is 10.4 Å². The van der Waals surface area contributed by atoms with Gasteiger partial charge in [0.05, 0.1) is 29.7 Å². The van der Waals surface area contributed by atoms with Crippen LogP contribution in [0.4, 0.5) is 5.69 Å². The fourth-order valence-corrected chi connectivity index (χ4v) is 2.21. The minimum Gasteiger partial charge on any atom is -0.497 e. The van der Waals surface area contributed by atoms with E-state index < -0.39 is 18.0 Å². The van der Waals surface area contributed by atoms with E-state index in [1.807, 2.05) is 6.92 Å². The standard InChI is InChI=1S/C17H21N3O4/c1-10-15(11(2)20(4)19-10)18-16(21)12(3)24-17(22)13-7-6-8-14(9-13)23-5/h6-9,12H,1-5H3,(H,18,21)/t12-/m1/s1. The molecule has 0 saturated heterocycles. The Morgan fingerprint density at radius 2 is 2.00 bits per heavy atom. The van der Waals surface area contributed by atoms with Gasteiger partial charge in [-0.3, -0.25) is 9.48 Å². The molecule has 0 fully saturated rings. The molecular formula is C17H21N3O4. The van der Waals surface area contributed by atoms with Gasteiger partial charge in [-0.1, -0.05) is 6.07 Å². The first-order valence-corrected chi connectivity index (χ1v) is 7.49. The van der Waals surface area contributed by atoms with Crippen molar-refractivity contribution in [3.63, 3.8) is 0 Å². The number of hydrogen-bond donors (Lipinski definition) is 1. The zero-order valence-corrected chi connectivity index (χ0v) is 14.4. The van der Waals surface area contributed by atoms with Crippen LogP contribution in [-0.4, -0.2) is 34.9 Å². The van der Waals surface area contributed by atoms with Crippen LogP contribution in [-0.2, 0) is 16.6 Å². The first kappa shape index (κ1) is 17.5. The molecule has 2 rings (SSSR count). The summed E-state index contributed by atoms with van der Waals surface area (Å²) in [5.74, 6) is -0.454. The number of aromatic nitrogens is 2. The molecule has 0 radical (unpaired) electrons. The predicted octanol–water partition coefficient (Wildman–Crippen LogP) is 2.23. The van der Waals surface area contributed by atoms with Gasteiger partial charge in [-0.2, -0.15) is 5.10 Å². The highest BCUT2D eigenvalue weighted by Gasteiger charge is 2.21. The Kier molecular flexibility index (Phi) is 5.23. The van der Waals surface area contributed by atoms with Crippen molar-refractivity contribution in [2.45, 2.75) is 26.9 Å². The smallest absolute Gasteiger partial charge is 0.339 e. The Bertz CT molecular complexity index is 767. The lowest BCUT2D eigenvalue weighted by molar-refractivity contribution is -0.123. The number of amides is 1. The number of hydrogen-bond acceptors (Lipinski definition) is 5. The quantitative estimate of drug-likeness (QED) is 0.850. The van der Waals surface area contributed by atoms with Crippen molar-refractivity contribution >= 4 is 17.6 Å². The second-order valence-electron chi connectivity index (χ2n) is 5.44. The Morgan fingerprint density at radius 1 is 1.29 bits per heavy atom. The van der Waals surface area contributed by atoms with Crippen molar-refractivity contribution < 1.29 is 19.1 Å². The molecule has 24 heavy (non-hydrogen) atoms. The molecule has 1 heterocycles. The lowest BCUT2D eigenvalue weighted by Gasteiger charge is -2.14. The maximum absolute atomic E-state index is 12.3. The van der Waals surface area contributed by atoms with E-state index in [1.165, 1.54) is 14.0 Å². The number of esters is 1. The fraction of sp³-hybridized carbons (Fsp3) is 0.353. The van der Waals surface area contributed by atoms with Crippen LogP contribution < -0.4 is 10.1 Å². The molecule has 1 N–H and O–H groups in total. The predicted molar refractivity (Wildman–Crippen MR) is 89.2 cm³/mol. The molecule has 0 saturated carbocycles. The average Bonchev–Trinajstić information content (AvgIpc) is 2.80. The zero-order chi connectivity index (χ0) is 17.9. The number of ether oxygens (including phenoxy) is 2. The number of nitrogens with zero attached hydrogens (tertiary/aromatic N) is 2. The van der Waals surface area contributed by atoms with Crippen molar-refractivity contribution in [2.75, 3.05) is 12.4 Å². The normalized spacial score (nSPS) is 11.7. The molecule has 0 spiro atoms. The summed E-state index contributed by atoms with van der Waals surface area (Å²) >= 11 is 0. The zero-order valence-electron chi connectivity index (χ0n) is 14.4. The second kappa shape index (κ2) is 7.16. The van der Waals surface area contributed by atoms with Crippen LogP contribution in [0, 0.1) is 13.8 Å². The Labute approximate surface area is 140 Å². The third-order valence-electron chi connectivity index (χ3n) is 3.72. The molecule has 0 bridgehead atoms. The Balaban J connectivity index is 2.04. The molecule has 0 unspecified atom stereocenters. The first-order valence-electron chi connectivity index (χ1n) is 7.49. The molecule has 0 aliphatic heterocycles. The van der Waals surface area contributed by atoms with Crippen molar-refractivity contribution in [1.82, 2.24) is 9.78 Å². The van der Waals surface area contributed by atoms with Gasteiger partial charge in [0.15, 0.2) is 6.10 Å². The summed E-state index contributed by atoms with van der Waals surface area (Å²) in [6.45, 7) is 5.17. The van der Waals surface area contributed by atoms with Gasteiger partial charge in [-0.25, -0.2) is 4.79 Å². The summed E-state index contributed by atoms with van der Waals surface area (Å²) in [7, 11) is 3.31. The van der Waals surface area contributed by atoms with Crippen LogP contribution in [0.5, 0.6) is 5.75 Å². The van der Waals surface area contributed by atoms with Crippen LogP contribution in [0.2, 0.25) is 0 Å². The first-order chi connectivity index (χ1) is 11.3. The molecule has 0 aliphatic rings. The number of aryl methyl sites for hydroxylation is 2. The van der Waals surface area contributed by atoms with Gasteiger partial charge in [0.1, 0.15) is 5.75 Å². The molecule has 0 aliphatic carbocycles. The summed E-state index contributed by atoms with van der Waals surface area (Å²) in [6, 6.07) is 6.57. The molecule has 7 nitrogen and oxygen atoms in total. The van der Waals surface area contributed by atoms with Gasteiger partial charge in [0.25, 0.3) is 5.91 Å². The van der Waals surface area contributed by atoms with Crippen LogP contribution in [0.25, 0.3) is 0 Å². The lowest BCUT2D eigenvalue weighted by Crippen LogP contribution is -2.30. The van der Waals surface area contributed by atoms with Crippen molar-refractivity contribution in [3.05, 3.63) is 41.2 Å². The van der Waals surface area contributed by atoms with E-state index in [-0.39, 0.29) is 0 Å². The summed E-state index contributed by atoms with van der Waals surface area (Å²) < 4.78 is 12.0. The summed E-state index contributed by atoms with van der Waals surface area (Å²) in [6.07, 6.45) is -0.942. The number of carbonyl (C=O) groups excluding carboxylic acids is 2. The summed E-state index contributed by atoms with van der Waals surface area (Å²) in [4.78, 5) is 24.4. The molecular weight excluding hydrogens is 310 g/mol. The Morgan fingerprint density at radius 3 is 2.58 bits per heavy atom. The SMILES string of the molecule is COc1cccc(C(=O)O[C@H](C)C(=O)Nc2c(C)nn(C)c2C)c1. The summed E-state index contributed by atoms with van der Waals surface area (Å²) in [5, 5.41) is 6.99. The van der Waals surface area contributed by atoms with E-state index in [0.29, 0.717) is 22.7 Å². The van der Waals surface area contributed by atoms with Crippen LogP contribution in [0.3, 0.4) is 0 Å². The number of anilines is 1. The van der Waals surface area contributed by atoms with Crippen molar-refractivity contribution in [1.29, 1.82) is 0 Å². The van der Waals surface area contributed by atoms with E-state index in [4.69, 9.17) is 9.47 Å². The van der Waals surface area contributed by atoms with Gasteiger partial charge >= 0.3 is 5.97 Å². The van der Waals surface area contributed by atoms with Gasteiger partial charge in [0, 0.05) is 7.05 Å². The van der Waals surface area contributed by atoms with Crippen molar-refractivity contribution in [3.8, 4) is 5.75 Å². The minimum absolute atomic E-state index is 0.322. The number of nitrogens with one attached hydrogen (secondary N) is 1. The highest BCUT2D eigenvalue weighted by atomic mass is 16.5. The molecule has 1 amide bonds. The fourth-order valence-electron chi connectivity index (χ4n) is 2.21. The molecule has 1 aromatic carbocycles. The third-order valence-corrected chi connectivity index (χ3v) is 3.72. The Hall–Kier alpha value is -2.83. The van der Waals surface area contributed by atoms with Gasteiger partial charge in [-0.05, 0) is 39.0 Å². The number of benzene rings is 1. The highest BCUT2D eigenvalue weighted by molar-refractivity contribution is 5.98. The molecule has 7 heteroatoms. The molecule has 1 aromatic heterocycles. The highest BCUT2D eigenvalue weighted by Crippen LogP contribution is 2.19. The number of methoxy groups -OCH3 is 1. The van der Waals surface area contributed by atoms with Gasteiger partial charge in [-0.15, -0.1) is 0 Å². The largest absolute Gasteiger partial charge is 0.497 e. The average molecular weight is 331 g/mol. The summed E-state index contributed by atoms with van der Waals surface area (Å²) in [5.41, 5.74) is 2.48. The topological polar surface area (TPSA) is 82.4 Å². The monoisotopic (exact) mass is 331 g/mol. The maximum atomic E-state index is 12.3. The lowest BCUT2D eigenvalue weighted by atomic mass is 10.2. The molecule has 128 valence electrons.